The van der Waals surface area contributed by atoms with Gasteiger partial charge in [-0.1, -0.05) is 48.9 Å². The van der Waals surface area contributed by atoms with Gasteiger partial charge in [-0.2, -0.15) is 0 Å². The summed E-state index contributed by atoms with van der Waals surface area (Å²) in [5, 5.41) is 3.04. The highest BCUT2D eigenvalue weighted by Gasteiger charge is 2.16. The number of amides is 1. The molecule has 0 aliphatic carbocycles. The van der Waals surface area contributed by atoms with Gasteiger partial charge < -0.3 is 5.32 Å². The number of piperidine rings is 1. The summed E-state index contributed by atoms with van der Waals surface area (Å²) < 4.78 is 0. The zero-order chi connectivity index (χ0) is 19.1. The number of nitrogens with zero attached hydrogens (tertiary/aromatic N) is 1. The van der Waals surface area contributed by atoms with E-state index in [0.29, 0.717) is 6.54 Å². The van der Waals surface area contributed by atoms with Crippen LogP contribution in [0.25, 0.3) is 0 Å². The van der Waals surface area contributed by atoms with Crippen molar-refractivity contribution < 1.29 is 4.79 Å². The van der Waals surface area contributed by atoms with Gasteiger partial charge in [-0.25, -0.2) is 0 Å². The van der Waals surface area contributed by atoms with Crippen molar-refractivity contribution in [3.63, 3.8) is 0 Å². The molecule has 3 heteroatoms. The van der Waals surface area contributed by atoms with Crippen molar-refractivity contribution in [1.29, 1.82) is 0 Å². The van der Waals surface area contributed by atoms with Crippen LogP contribution in [0.3, 0.4) is 0 Å². The van der Waals surface area contributed by atoms with E-state index in [-0.39, 0.29) is 5.91 Å². The third-order valence-electron chi connectivity index (χ3n) is 5.37. The summed E-state index contributed by atoms with van der Waals surface area (Å²) in [4.78, 5) is 14.9. The van der Waals surface area contributed by atoms with E-state index in [9.17, 15) is 4.79 Å². The minimum absolute atomic E-state index is 0.0254. The zero-order valence-corrected chi connectivity index (χ0v) is 16.7. The minimum Gasteiger partial charge on any atom is -0.352 e. The molecule has 27 heavy (non-hydrogen) atoms. The molecule has 0 radical (unpaired) electrons. The molecule has 0 spiro atoms. The third-order valence-corrected chi connectivity index (χ3v) is 5.37. The van der Waals surface area contributed by atoms with Crippen LogP contribution in [0.15, 0.2) is 48.5 Å². The molecular formula is C24H32N2O. The lowest BCUT2D eigenvalue weighted by Crippen LogP contribution is -2.33. The smallest absolute Gasteiger partial charge is 0.251 e. The molecule has 2 aromatic rings. The second kappa shape index (κ2) is 9.70. The molecule has 0 saturated carbocycles. The first-order valence-electron chi connectivity index (χ1n) is 10.3. The minimum atomic E-state index is 0.0254. The first-order chi connectivity index (χ1) is 13.1. The van der Waals surface area contributed by atoms with Crippen LogP contribution in [0, 0.1) is 12.8 Å². The van der Waals surface area contributed by atoms with Crippen molar-refractivity contribution >= 4 is 5.91 Å². The summed E-state index contributed by atoms with van der Waals surface area (Å²) in [5.74, 6) is 0.820. The largest absolute Gasteiger partial charge is 0.352 e. The number of benzene rings is 2. The molecule has 1 atom stereocenters. The molecular weight excluding hydrogens is 332 g/mol. The van der Waals surface area contributed by atoms with Gasteiger partial charge in [-0.15, -0.1) is 0 Å². The maximum atomic E-state index is 12.3. The Morgan fingerprint density at radius 1 is 1.15 bits per heavy atom. The van der Waals surface area contributed by atoms with Crippen molar-refractivity contribution in [1.82, 2.24) is 10.2 Å². The van der Waals surface area contributed by atoms with Crippen LogP contribution < -0.4 is 5.32 Å². The maximum Gasteiger partial charge on any atom is 0.251 e. The molecule has 1 fully saturated rings. The molecule has 0 unspecified atom stereocenters. The highest BCUT2D eigenvalue weighted by Crippen LogP contribution is 2.18. The van der Waals surface area contributed by atoms with E-state index in [0.717, 1.165) is 30.9 Å². The standard InChI is InChI=1S/C24H32N2O/c1-19-6-3-8-21(16-19)9-4-14-25-24(27)23-12-10-22(11-13-23)18-26-15-5-7-20(2)17-26/h3,6,8,10-13,16,20H,4-5,7,9,14-15,17-18H2,1-2H3,(H,25,27)/t20-/m0/s1. The van der Waals surface area contributed by atoms with Crippen molar-refractivity contribution in [2.75, 3.05) is 19.6 Å². The van der Waals surface area contributed by atoms with Crippen LogP contribution in [0.1, 0.15) is 53.2 Å². The highest BCUT2D eigenvalue weighted by atomic mass is 16.1. The van der Waals surface area contributed by atoms with Crippen molar-refractivity contribution in [3.05, 3.63) is 70.8 Å². The van der Waals surface area contributed by atoms with E-state index in [2.05, 4.69) is 60.5 Å². The summed E-state index contributed by atoms with van der Waals surface area (Å²) in [7, 11) is 0. The fourth-order valence-corrected chi connectivity index (χ4v) is 3.91. The SMILES string of the molecule is Cc1cccc(CCCNC(=O)c2ccc(CN3CCC[C@H](C)C3)cc2)c1. The molecule has 1 aliphatic rings. The first-order valence-corrected chi connectivity index (χ1v) is 10.3. The van der Waals surface area contributed by atoms with Crippen LogP contribution in [0.4, 0.5) is 0 Å². The normalized spacial score (nSPS) is 17.6. The van der Waals surface area contributed by atoms with Crippen LogP contribution >= 0.6 is 0 Å². The second-order valence-corrected chi connectivity index (χ2v) is 8.03. The van der Waals surface area contributed by atoms with Gasteiger partial charge in [-0.3, -0.25) is 9.69 Å². The van der Waals surface area contributed by atoms with E-state index >= 15 is 0 Å². The molecule has 2 aromatic carbocycles. The lowest BCUT2D eigenvalue weighted by Gasteiger charge is -2.30. The molecule has 3 rings (SSSR count). The van der Waals surface area contributed by atoms with Crippen molar-refractivity contribution in [2.24, 2.45) is 5.92 Å². The summed E-state index contributed by atoms with van der Waals surface area (Å²) in [6.45, 7) is 8.51. The zero-order valence-electron chi connectivity index (χ0n) is 16.7. The summed E-state index contributed by atoms with van der Waals surface area (Å²) in [6, 6.07) is 16.7. The number of aryl methyl sites for hydroxylation is 2. The van der Waals surface area contributed by atoms with Crippen LogP contribution in [-0.2, 0) is 13.0 Å². The molecule has 144 valence electrons. The Kier molecular flexibility index (Phi) is 7.05. The monoisotopic (exact) mass is 364 g/mol. The number of rotatable bonds is 7. The summed E-state index contributed by atoms with van der Waals surface area (Å²) >= 11 is 0. The first kappa shape index (κ1) is 19.6. The number of likely N-dealkylation sites (tertiary alicyclic amines) is 1. The number of hydrogen-bond acceptors (Lipinski definition) is 2. The predicted octanol–water partition coefficient (Wildman–Crippen LogP) is 4.59. The Morgan fingerprint density at radius 2 is 1.96 bits per heavy atom. The average Bonchev–Trinajstić information content (AvgIpc) is 2.66. The Morgan fingerprint density at radius 3 is 2.70 bits per heavy atom. The molecule has 1 amide bonds. The molecule has 1 heterocycles. The number of nitrogens with one attached hydrogen (secondary N) is 1. The maximum absolute atomic E-state index is 12.3. The van der Waals surface area contributed by atoms with E-state index in [1.165, 1.54) is 42.6 Å². The summed E-state index contributed by atoms with van der Waals surface area (Å²) in [6.07, 6.45) is 4.60. The number of carbonyl (C=O) groups excluding carboxylic acids is 1. The average molecular weight is 365 g/mol. The predicted molar refractivity (Wildman–Crippen MR) is 112 cm³/mol. The second-order valence-electron chi connectivity index (χ2n) is 8.03. The van der Waals surface area contributed by atoms with Crippen molar-refractivity contribution in [3.8, 4) is 0 Å². The van der Waals surface area contributed by atoms with E-state index in [1.807, 2.05) is 12.1 Å². The van der Waals surface area contributed by atoms with Crippen molar-refractivity contribution in [2.45, 2.75) is 46.1 Å². The fraction of sp³-hybridized carbons (Fsp3) is 0.458. The van der Waals surface area contributed by atoms with Crippen LogP contribution in [-0.4, -0.2) is 30.4 Å². The Labute approximate surface area is 163 Å². The molecule has 0 bridgehead atoms. The lowest BCUT2D eigenvalue weighted by molar-refractivity contribution is 0.0953. The molecule has 1 aliphatic heterocycles. The lowest BCUT2D eigenvalue weighted by atomic mass is 9.99. The van der Waals surface area contributed by atoms with Crippen LogP contribution in [0.5, 0.6) is 0 Å². The Bertz CT molecular complexity index is 738. The van der Waals surface area contributed by atoms with E-state index < -0.39 is 0 Å². The molecule has 0 aromatic heterocycles. The third kappa shape index (κ3) is 6.21. The molecule has 1 N–H and O–H groups in total. The van der Waals surface area contributed by atoms with Gasteiger partial charge in [0.05, 0.1) is 0 Å². The van der Waals surface area contributed by atoms with E-state index in [1.54, 1.807) is 0 Å². The number of carbonyl (C=O) groups is 1. The molecule has 3 nitrogen and oxygen atoms in total. The Hall–Kier alpha value is -2.13. The van der Waals surface area contributed by atoms with Gasteiger partial charge in [0.1, 0.15) is 0 Å². The molecule has 1 saturated heterocycles. The van der Waals surface area contributed by atoms with Gasteiger partial charge in [0.2, 0.25) is 0 Å². The summed E-state index contributed by atoms with van der Waals surface area (Å²) in [5.41, 5.74) is 4.66. The van der Waals surface area contributed by atoms with Gasteiger partial charge in [0, 0.05) is 25.2 Å². The van der Waals surface area contributed by atoms with Gasteiger partial charge in [0.15, 0.2) is 0 Å². The van der Waals surface area contributed by atoms with Crippen LogP contribution in [0.2, 0.25) is 0 Å². The van der Waals surface area contributed by atoms with Gasteiger partial charge >= 0.3 is 0 Å². The number of hydrogen-bond donors (Lipinski definition) is 1. The quantitative estimate of drug-likeness (QED) is 0.729. The fourth-order valence-electron chi connectivity index (χ4n) is 3.91. The highest BCUT2D eigenvalue weighted by molar-refractivity contribution is 5.94. The Balaban J connectivity index is 1.42. The van der Waals surface area contributed by atoms with Gasteiger partial charge in [0.25, 0.3) is 5.91 Å². The van der Waals surface area contributed by atoms with E-state index in [4.69, 9.17) is 0 Å². The van der Waals surface area contributed by atoms with Gasteiger partial charge in [-0.05, 0) is 68.3 Å². The topological polar surface area (TPSA) is 32.3 Å².